The molecule has 0 aliphatic carbocycles. The number of hydrogen-bond acceptors (Lipinski definition) is 3. The second-order valence-electron chi connectivity index (χ2n) is 5.80. The van der Waals surface area contributed by atoms with Gasteiger partial charge in [0.15, 0.2) is 0 Å². The van der Waals surface area contributed by atoms with Crippen molar-refractivity contribution in [2.75, 3.05) is 13.7 Å². The quantitative estimate of drug-likeness (QED) is 0.623. The first kappa shape index (κ1) is 17.1. The molecule has 0 aromatic heterocycles. The average molecular weight is 353 g/mol. The van der Waals surface area contributed by atoms with Crippen LogP contribution in [0.2, 0.25) is 5.02 Å². The average Bonchev–Trinajstić information content (AvgIpc) is 2.65. The Morgan fingerprint density at radius 3 is 2.76 bits per heavy atom. The van der Waals surface area contributed by atoms with E-state index in [0.29, 0.717) is 29.4 Å². The van der Waals surface area contributed by atoms with Crippen molar-refractivity contribution in [3.05, 3.63) is 69.8 Å². The van der Waals surface area contributed by atoms with E-state index in [-0.39, 0.29) is 11.5 Å². The number of rotatable bonds is 3. The molecule has 2 aromatic carbocycles. The first-order valence-corrected chi connectivity index (χ1v) is 8.31. The number of nitriles is 1. The molecule has 126 valence electrons. The molecule has 0 bridgehead atoms. The van der Waals surface area contributed by atoms with Crippen LogP contribution in [0.3, 0.4) is 0 Å². The molecule has 0 fully saturated rings. The third-order valence-electron chi connectivity index (χ3n) is 4.26. The highest BCUT2D eigenvalue weighted by Gasteiger charge is 2.23. The number of amides is 1. The Bertz CT molecular complexity index is 884. The summed E-state index contributed by atoms with van der Waals surface area (Å²) >= 11 is 6.02. The number of halogens is 1. The van der Waals surface area contributed by atoms with Gasteiger partial charge in [-0.1, -0.05) is 35.9 Å². The smallest absolute Gasteiger partial charge is 0.264 e. The van der Waals surface area contributed by atoms with Crippen LogP contribution in [0.25, 0.3) is 6.08 Å². The lowest BCUT2D eigenvalue weighted by Crippen LogP contribution is -2.36. The highest BCUT2D eigenvalue weighted by Crippen LogP contribution is 2.26. The molecule has 0 radical (unpaired) electrons. The van der Waals surface area contributed by atoms with E-state index in [1.807, 2.05) is 24.3 Å². The molecule has 0 spiro atoms. The maximum absolute atomic E-state index is 12.8. The van der Waals surface area contributed by atoms with Crippen molar-refractivity contribution in [3.63, 3.8) is 0 Å². The van der Waals surface area contributed by atoms with Crippen molar-refractivity contribution in [2.45, 2.75) is 13.0 Å². The zero-order chi connectivity index (χ0) is 17.8. The molecular weight excluding hydrogens is 336 g/mol. The third kappa shape index (κ3) is 3.67. The molecule has 0 atom stereocenters. The summed E-state index contributed by atoms with van der Waals surface area (Å²) < 4.78 is 5.28. The molecule has 4 nitrogen and oxygen atoms in total. The Kier molecular flexibility index (Phi) is 5.06. The number of benzene rings is 2. The van der Waals surface area contributed by atoms with E-state index in [1.165, 1.54) is 18.7 Å². The van der Waals surface area contributed by atoms with Gasteiger partial charge < -0.3 is 9.64 Å². The van der Waals surface area contributed by atoms with E-state index >= 15 is 0 Å². The molecule has 1 heterocycles. The molecular formula is C20H17ClN2O2. The SMILES string of the molecule is COc1ccc(Cl)cc1/C=C(\C#N)C(=O)N1CCc2ccccc2C1. The summed E-state index contributed by atoms with van der Waals surface area (Å²) in [4.78, 5) is 14.5. The predicted molar refractivity (Wildman–Crippen MR) is 97.2 cm³/mol. The minimum atomic E-state index is -0.279. The number of ether oxygens (including phenoxy) is 1. The number of fused-ring (bicyclic) bond motifs is 1. The lowest BCUT2D eigenvalue weighted by Gasteiger charge is -2.28. The van der Waals surface area contributed by atoms with Gasteiger partial charge in [-0.05, 0) is 41.8 Å². The van der Waals surface area contributed by atoms with Crippen molar-refractivity contribution >= 4 is 23.6 Å². The van der Waals surface area contributed by atoms with Crippen molar-refractivity contribution < 1.29 is 9.53 Å². The molecule has 5 heteroatoms. The fourth-order valence-electron chi connectivity index (χ4n) is 2.95. The van der Waals surface area contributed by atoms with Gasteiger partial charge in [-0.25, -0.2) is 0 Å². The van der Waals surface area contributed by atoms with E-state index < -0.39 is 0 Å². The maximum atomic E-state index is 12.8. The lowest BCUT2D eigenvalue weighted by atomic mass is 9.99. The van der Waals surface area contributed by atoms with Crippen LogP contribution in [-0.2, 0) is 17.8 Å². The predicted octanol–water partition coefficient (Wildman–Crippen LogP) is 3.84. The van der Waals surface area contributed by atoms with E-state index in [9.17, 15) is 10.1 Å². The third-order valence-corrected chi connectivity index (χ3v) is 4.50. The van der Waals surface area contributed by atoms with E-state index in [1.54, 1.807) is 23.1 Å². The molecule has 25 heavy (non-hydrogen) atoms. The van der Waals surface area contributed by atoms with Crippen molar-refractivity contribution in [1.29, 1.82) is 5.26 Å². The highest BCUT2D eigenvalue weighted by atomic mass is 35.5. The number of methoxy groups -OCH3 is 1. The zero-order valence-corrected chi connectivity index (χ0v) is 14.6. The van der Waals surface area contributed by atoms with Crippen LogP contribution >= 0.6 is 11.6 Å². The Labute approximate surface area is 151 Å². The number of hydrogen-bond donors (Lipinski definition) is 0. The summed E-state index contributed by atoms with van der Waals surface area (Å²) in [5, 5.41) is 9.99. The molecule has 1 amide bonds. The van der Waals surface area contributed by atoms with E-state index in [0.717, 1.165) is 12.0 Å². The van der Waals surface area contributed by atoms with Crippen LogP contribution in [0.4, 0.5) is 0 Å². The second-order valence-corrected chi connectivity index (χ2v) is 6.24. The van der Waals surface area contributed by atoms with Gasteiger partial charge in [0.1, 0.15) is 17.4 Å². The maximum Gasteiger partial charge on any atom is 0.264 e. The van der Waals surface area contributed by atoms with Gasteiger partial charge in [-0.2, -0.15) is 5.26 Å². The lowest BCUT2D eigenvalue weighted by molar-refractivity contribution is -0.127. The van der Waals surface area contributed by atoms with Gasteiger partial charge in [0.25, 0.3) is 5.91 Å². The highest BCUT2D eigenvalue weighted by molar-refractivity contribution is 6.30. The summed E-state index contributed by atoms with van der Waals surface area (Å²) in [5.41, 5.74) is 3.06. The first-order valence-electron chi connectivity index (χ1n) is 7.93. The monoisotopic (exact) mass is 352 g/mol. The molecule has 0 saturated carbocycles. The largest absolute Gasteiger partial charge is 0.496 e. The van der Waals surface area contributed by atoms with E-state index in [2.05, 4.69) is 6.07 Å². The summed E-state index contributed by atoms with van der Waals surface area (Å²) in [6, 6.07) is 15.2. The minimum absolute atomic E-state index is 0.0694. The molecule has 0 saturated heterocycles. The standard InChI is InChI=1S/C20H17ClN2O2/c1-25-19-7-6-18(21)11-16(19)10-17(12-22)20(24)23-9-8-14-4-2-3-5-15(14)13-23/h2-7,10-11H,8-9,13H2,1H3/b17-10+. The molecule has 0 N–H and O–H groups in total. The van der Waals surface area contributed by atoms with Crippen molar-refractivity contribution in [2.24, 2.45) is 0 Å². The molecule has 3 rings (SSSR count). The van der Waals surface area contributed by atoms with Crippen LogP contribution in [0.1, 0.15) is 16.7 Å². The summed E-state index contributed by atoms with van der Waals surface area (Å²) in [6.07, 6.45) is 2.33. The summed E-state index contributed by atoms with van der Waals surface area (Å²) in [5.74, 6) is 0.285. The van der Waals surface area contributed by atoms with Crippen LogP contribution in [-0.4, -0.2) is 24.5 Å². The Hall–Kier alpha value is -2.77. The van der Waals surface area contributed by atoms with Crippen molar-refractivity contribution in [1.82, 2.24) is 4.90 Å². The second kappa shape index (κ2) is 7.42. The summed E-state index contributed by atoms with van der Waals surface area (Å²) in [7, 11) is 1.54. The van der Waals surface area contributed by atoms with Gasteiger partial charge in [0, 0.05) is 23.7 Å². The minimum Gasteiger partial charge on any atom is -0.496 e. The molecule has 2 aromatic rings. The van der Waals surface area contributed by atoms with Gasteiger partial charge >= 0.3 is 0 Å². The zero-order valence-electron chi connectivity index (χ0n) is 13.8. The molecule has 1 aliphatic rings. The molecule has 1 aliphatic heterocycles. The fourth-order valence-corrected chi connectivity index (χ4v) is 3.14. The van der Waals surface area contributed by atoms with Crippen LogP contribution in [0.15, 0.2) is 48.0 Å². The van der Waals surface area contributed by atoms with Crippen molar-refractivity contribution in [3.8, 4) is 11.8 Å². The Morgan fingerprint density at radius 1 is 1.28 bits per heavy atom. The number of carbonyl (C=O) groups excluding carboxylic acids is 1. The summed E-state index contributed by atoms with van der Waals surface area (Å²) in [6.45, 7) is 1.11. The van der Waals surface area contributed by atoms with Crippen LogP contribution in [0.5, 0.6) is 5.75 Å². The van der Waals surface area contributed by atoms with Crippen LogP contribution in [0, 0.1) is 11.3 Å². The van der Waals surface area contributed by atoms with Gasteiger partial charge in [0.2, 0.25) is 0 Å². The molecule has 0 unspecified atom stereocenters. The Morgan fingerprint density at radius 2 is 2.04 bits per heavy atom. The topological polar surface area (TPSA) is 53.3 Å². The van der Waals surface area contributed by atoms with Gasteiger partial charge in [-0.15, -0.1) is 0 Å². The number of carbonyl (C=O) groups is 1. The normalized spacial score (nSPS) is 13.8. The Balaban J connectivity index is 1.88. The van der Waals surface area contributed by atoms with Gasteiger partial charge in [-0.3, -0.25) is 4.79 Å². The fraction of sp³-hybridized carbons (Fsp3) is 0.200. The first-order chi connectivity index (χ1) is 12.1. The van der Waals surface area contributed by atoms with Crippen LogP contribution < -0.4 is 4.74 Å². The number of nitrogens with zero attached hydrogens (tertiary/aromatic N) is 2. The van der Waals surface area contributed by atoms with E-state index in [4.69, 9.17) is 16.3 Å². The van der Waals surface area contributed by atoms with Gasteiger partial charge in [0.05, 0.1) is 7.11 Å².